The first-order valence-corrected chi connectivity index (χ1v) is 6.52. The Kier molecular flexibility index (Phi) is 3.31. The number of nitrogens with zero attached hydrogens (tertiary/aromatic N) is 2. The zero-order chi connectivity index (χ0) is 14.1. The second-order valence-corrected chi connectivity index (χ2v) is 4.89. The number of hydrogen-bond donors (Lipinski definition) is 1. The van der Waals surface area contributed by atoms with E-state index < -0.39 is 11.6 Å². The van der Waals surface area contributed by atoms with Gasteiger partial charge in [0.05, 0.1) is 17.2 Å². The molecule has 3 rings (SSSR count). The van der Waals surface area contributed by atoms with Crippen LogP contribution in [0.3, 0.4) is 0 Å². The van der Waals surface area contributed by atoms with Gasteiger partial charge >= 0.3 is 0 Å². The average molecular weight is 291 g/mol. The van der Waals surface area contributed by atoms with Crippen molar-refractivity contribution in [3.63, 3.8) is 0 Å². The quantitative estimate of drug-likeness (QED) is 0.748. The lowest BCUT2D eigenvalue weighted by Crippen LogP contribution is -2.02. The van der Waals surface area contributed by atoms with E-state index in [9.17, 15) is 8.78 Å². The summed E-state index contributed by atoms with van der Waals surface area (Å²) >= 11 is 5.25. The van der Waals surface area contributed by atoms with Crippen LogP contribution in [0.2, 0.25) is 0 Å². The van der Waals surface area contributed by atoms with Crippen molar-refractivity contribution in [2.24, 2.45) is 0 Å². The number of hydrogen-bond acceptors (Lipinski definition) is 2. The van der Waals surface area contributed by atoms with Crippen LogP contribution in [0.1, 0.15) is 5.56 Å². The van der Waals surface area contributed by atoms with Gasteiger partial charge in [-0.3, -0.25) is 4.98 Å². The molecule has 3 aromatic rings. The summed E-state index contributed by atoms with van der Waals surface area (Å²) in [6.07, 6.45) is 3.88. The molecule has 0 unspecified atom stereocenters. The van der Waals surface area contributed by atoms with Gasteiger partial charge in [0.2, 0.25) is 0 Å². The van der Waals surface area contributed by atoms with E-state index in [2.05, 4.69) is 9.97 Å². The van der Waals surface area contributed by atoms with E-state index in [0.29, 0.717) is 23.3 Å². The molecule has 6 heteroatoms. The van der Waals surface area contributed by atoms with Gasteiger partial charge in [0.15, 0.2) is 4.77 Å². The minimum atomic E-state index is -0.563. The molecular weight excluding hydrogens is 280 g/mol. The molecule has 3 nitrogen and oxygen atoms in total. The highest BCUT2D eigenvalue weighted by Gasteiger charge is 2.05. The fourth-order valence-corrected chi connectivity index (χ4v) is 2.53. The van der Waals surface area contributed by atoms with Crippen LogP contribution in [-0.4, -0.2) is 14.5 Å². The van der Waals surface area contributed by atoms with Crippen LogP contribution in [0.15, 0.2) is 36.7 Å². The van der Waals surface area contributed by atoms with Gasteiger partial charge in [0.25, 0.3) is 0 Å². The Morgan fingerprint density at radius 1 is 1.20 bits per heavy atom. The van der Waals surface area contributed by atoms with Crippen molar-refractivity contribution in [1.29, 1.82) is 0 Å². The minimum absolute atomic E-state index is 0.498. The zero-order valence-corrected chi connectivity index (χ0v) is 11.3. The van der Waals surface area contributed by atoms with Crippen molar-refractivity contribution in [2.75, 3.05) is 0 Å². The summed E-state index contributed by atoms with van der Waals surface area (Å²) in [5, 5.41) is 0. The van der Waals surface area contributed by atoms with Crippen LogP contribution in [0, 0.1) is 16.4 Å². The summed E-state index contributed by atoms with van der Waals surface area (Å²) in [5.74, 6) is -1.13. The number of rotatable bonds is 3. The first kappa shape index (κ1) is 12.9. The van der Waals surface area contributed by atoms with Gasteiger partial charge in [-0.15, -0.1) is 0 Å². The lowest BCUT2D eigenvalue weighted by atomic mass is 10.1. The van der Waals surface area contributed by atoms with Crippen molar-refractivity contribution in [3.05, 3.63) is 58.6 Å². The molecule has 2 heterocycles. The van der Waals surface area contributed by atoms with Gasteiger partial charge < -0.3 is 9.55 Å². The fourth-order valence-electron chi connectivity index (χ4n) is 2.23. The lowest BCUT2D eigenvalue weighted by molar-refractivity contribution is 0.577. The molecule has 0 aliphatic carbocycles. The number of benzene rings is 1. The maximum absolute atomic E-state index is 13.1. The van der Waals surface area contributed by atoms with Gasteiger partial charge in [-0.1, -0.05) is 0 Å². The van der Waals surface area contributed by atoms with Gasteiger partial charge in [-0.05, 0) is 42.4 Å². The Labute approximate surface area is 118 Å². The molecule has 102 valence electrons. The molecule has 0 saturated heterocycles. The number of fused-ring (bicyclic) bond motifs is 1. The molecule has 0 atom stereocenters. The molecule has 0 bridgehead atoms. The van der Waals surface area contributed by atoms with Gasteiger partial charge in [-0.25, -0.2) is 8.78 Å². The lowest BCUT2D eigenvalue weighted by Gasteiger charge is -2.05. The van der Waals surface area contributed by atoms with Crippen LogP contribution in [0.4, 0.5) is 8.78 Å². The van der Waals surface area contributed by atoms with Gasteiger partial charge in [0, 0.05) is 18.8 Å². The number of H-pyrrole nitrogens is 1. The third-order valence-corrected chi connectivity index (χ3v) is 3.44. The Morgan fingerprint density at radius 2 is 1.95 bits per heavy atom. The SMILES string of the molecule is Fc1cc(F)cc(CCn2c(=S)[nH]c3cnccc32)c1. The maximum Gasteiger partial charge on any atom is 0.178 e. The molecule has 1 N–H and O–H groups in total. The molecule has 0 aliphatic rings. The number of aromatic nitrogens is 3. The molecule has 20 heavy (non-hydrogen) atoms. The second-order valence-electron chi connectivity index (χ2n) is 4.50. The number of aromatic amines is 1. The van der Waals surface area contributed by atoms with E-state index in [1.807, 2.05) is 10.6 Å². The monoisotopic (exact) mass is 291 g/mol. The third-order valence-electron chi connectivity index (χ3n) is 3.12. The Hall–Kier alpha value is -2.08. The first-order chi connectivity index (χ1) is 9.63. The average Bonchev–Trinajstić information content (AvgIpc) is 2.71. The highest BCUT2D eigenvalue weighted by atomic mass is 32.1. The predicted molar refractivity (Wildman–Crippen MR) is 75.0 cm³/mol. The van der Waals surface area contributed by atoms with Crippen molar-refractivity contribution in [1.82, 2.24) is 14.5 Å². The van der Waals surface area contributed by atoms with E-state index in [1.54, 1.807) is 12.4 Å². The summed E-state index contributed by atoms with van der Waals surface area (Å²) < 4.78 is 28.8. The smallest absolute Gasteiger partial charge is 0.178 e. The topological polar surface area (TPSA) is 33.6 Å². The van der Waals surface area contributed by atoms with Crippen molar-refractivity contribution in [3.8, 4) is 0 Å². The molecule has 0 aliphatic heterocycles. The van der Waals surface area contributed by atoms with Crippen molar-refractivity contribution >= 4 is 23.3 Å². The molecule has 1 aromatic carbocycles. The number of imidazole rings is 1. The maximum atomic E-state index is 13.1. The van der Waals surface area contributed by atoms with Crippen molar-refractivity contribution < 1.29 is 8.78 Å². The minimum Gasteiger partial charge on any atom is -0.329 e. The molecule has 0 amide bonds. The van der Waals surface area contributed by atoms with Crippen molar-refractivity contribution in [2.45, 2.75) is 13.0 Å². The van der Waals surface area contributed by atoms with Gasteiger partial charge in [0.1, 0.15) is 11.6 Å². The highest BCUT2D eigenvalue weighted by Crippen LogP contribution is 2.14. The number of halogens is 2. The number of nitrogens with one attached hydrogen (secondary N) is 1. The van der Waals surface area contributed by atoms with E-state index >= 15 is 0 Å². The van der Waals surface area contributed by atoms with E-state index in [-0.39, 0.29) is 0 Å². The summed E-state index contributed by atoms with van der Waals surface area (Å²) in [5.41, 5.74) is 2.39. The Morgan fingerprint density at radius 3 is 2.70 bits per heavy atom. The highest BCUT2D eigenvalue weighted by molar-refractivity contribution is 7.71. The zero-order valence-electron chi connectivity index (χ0n) is 10.4. The Balaban J connectivity index is 1.90. The Bertz CT molecular complexity index is 802. The fraction of sp³-hybridized carbons (Fsp3) is 0.143. The van der Waals surface area contributed by atoms with Crippen LogP contribution >= 0.6 is 12.2 Å². The summed E-state index contributed by atoms with van der Waals surface area (Å²) in [6.45, 7) is 0.547. The summed E-state index contributed by atoms with van der Waals surface area (Å²) in [4.78, 5) is 7.07. The molecule has 2 aromatic heterocycles. The standard InChI is InChI=1S/C14H11F2N3S/c15-10-5-9(6-11(16)7-10)2-4-19-13-1-3-17-8-12(13)18-14(19)20/h1,3,5-8H,2,4H2,(H,18,20). The first-order valence-electron chi connectivity index (χ1n) is 6.11. The molecular formula is C14H11F2N3S. The number of aryl methyl sites for hydroxylation is 2. The summed E-state index contributed by atoms with van der Waals surface area (Å²) in [6, 6.07) is 5.40. The summed E-state index contributed by atoms with van der Waals surface area (Å²) in [7, 11) is 0. The van der Waals surface area contributed by atoms with Crippen LogP contribution in [-0.2, 0) is 13.0 Å². The van der Waals surface area contributed by atoms with Crippen LogP contribution in [0.25, 0.3) is 11.0 Å². The number of pyridine rings is 1. The third kappa shape index (κ3) is 2.46. The van der Waals surface area contributed by atoms with Crippen LogP contribution < -0.4 is 0 Å². The molecule has 0 spiro atoms. The largest absolute Gasteiger partial charge is 0.329 e. The van der Waals surface area contributed by atoms with Gasteiger partial charge in [-0.2, -0.15) is 0 Å². The predicted octanol–water partition coefficient (Wildman–Crippen LogP) is 3.61. The second kappa shape index (κ2) is 5.13. The van der Waals surface area contributed by atoms with Crippen LogP contribution in [0.5, 0.6) is 0 Å². The van der Waals surface area contributed by atoms with E-state index in [0.717, 1.165) is 17.1 Å². The van der Waals surface area contributed by atoms with E-state index in [1.165, 1.54) is 12.1 Å². The molecule has 0 saturated carbocycles. The molecule has 0 fully saturated rings. The molecule has 0 radical (unpaired) electrons. The normalized spacial score (nSPS) is 11.1. The van der Waals surface area contributed by atoms with E-state index in [4.69, 9.17) is 12.2 Å².